The average Bonchev–Trinajstić information content (AvgIpc) is 2.93. The molecular weight excluding hydrogens is 404 g/mol. The average molecular weight is 429 g/mol. The molecule has 1 atom stereocenters. The van der Waals surface area contributed by atoms with Crippen LogP contribution in [-0.4, -0.2) is 38.3 Å². The number of amides is 2. The molecule has 0 aromatic heterocycles. The van der Waals surface area contributed by atoms with Gasteiger partial charge in [-0.3, -0.25) is 4.79 Å². The van der Waals surface area contributed by atoms with E-state index in [-0.39, 0.29) is 18.3 Å². The van der Waals surface area contributed by atoms with Crippen molar-refractivity contribution in [2.75, 3.05) is 20.8 Å². The summed E-state index contributed by atoms with van der Waals surface area (Å²) >= 11 is 6.03. The van der Waals surface area contributed by atoms with Crippen molar-refractivity contribution in [3.63, 3.8) is 0 Å². The molecule has 0 saturated carbocycles. The third kappa shape index (κ3) is 3.93. The second-order valence-electron chi connectivity index (χ2n) is 7.50. The number of carbonyl (C=O) groups excluding carboxylic acids is 2. The molecule has 2 aromatic rings. The Bertz CT molecular complexity index is 1030. The summed E-state index contributed by atoms with van der Waals surface area (Å²) in [4.78, 5) is 25.2. The number of rotatable bonds is 5. The van der Waals surface area contributed by atoms with E-state index in [0.717, 1.165) is 27.8 Å². The Kier molecular flexibility index (Phi) is 6.19. The van der Waals surface area contributed by atoms with E-state index in [9.17, 15) is 9.59 Å². The predicted molar refractivity (Wildman–Crippen MR) is 117 cm³/mol. The Hall–Kier alpha value is -2.83. The number of halogens is 1. The highest BCUT2D eigenvalue weighted by molar-refractivity contribution is 6.30. The molecule has 2 aromatic carbocycles. The van der Waals surface area contributed by atoms with Crippen molar-refractivity contribution in [3.8, 4) is 11.1 Å². The van der Waals surface area contributed by atoms with Crippen LogP contribution in [0.15, 0.2) is 42.2 Å². The van der Waals surface area contributed by atoms with Gasteiger partial charge >= 0.3 is 6.09 Å². The van der Waals surface area contributed by atoms with Crippen molar-refractivity contribution < 1.29 is 19.1 Å². The Labute approximate surface area is 181 Å². The fourth-order valence-electron chi connectivity index (χ4n) is 3.85. The summed E-state index contributed by atoms with van der Waals surface area (Å²) in [7, 11) is 3.00. The van der Waals surface area contributed by atoms with Crippen molar-refractivity contribution in [1.82, 2.24) is 10.6 Å². The van der Waals surface area contributed by atoms with Crippen LogP contribution < -0.4 is 10.6 Å². The fourth-order valence-corrected chi connectivity index (χ4v) is 3.97. The van der Waals surface area contributed by atoms with Gasteiger partial charge in [-0.1, -0.05) is 35.9 Å². The molecule has 1 aliphatic rings. The van der Waals surface area contributed by atoms with Gasteiger partial charge in [0.15, 0.2) is 5.76 Å². The van der Waals surface area contributed by atoms with Crippen molar-refractivity contribution in [3.05, 3.63) is 63.9 Å². The number of carbonyl (C=O) groups is 2. The molecular formula is C23H25ClN2O4. The lowest BCUT2D eigenvalue weighted by Crippen LogP contribution is -2.46. The van der Waals surface area contributed by atoms with Gasteiger partial charge < -0.3 is 20.1 Å². The Morgan fingerprint density at radius 1 is 1.17 bits per heavy atom. The van der Waals surface area contributed by atoms with Crippen LogP contribution in [0.2, 0.25) is 5.02 Å². The number of methoxy groups -OCH3 is 1. The third-order valence-corrected chi connectivity index (χ3v) is 5.51. The lowest BCUT2D eigenvalue weighted by Gasteiger charge is -2.26. The standard InChI is InChI=1S/C23H25ClN2O4/c1-13-6-11-17(15-7-9-16(24)10-8-15)14(2)18(13)19-20(30-22(28)25-4)23(3,12-29-5)26-21(19)27/h6-11H,12H2,1-5H3,(H,25,28)(H,26,27). The maximum atomic E-state index is 13.1. The monoisotopic (exact) mass is 428 g/mol. The third-order valence-electron chi connectivity index (χ3n) is 5.26. The molecule has 158 valence electrons. The first-order valence-electron chi connectivity index (χ1n) is 9.54. The van der Waals surface area contributed by atoms with Crippen molar-refractivity contribution >= 4 is 29.2 Å². The number of hydrogen-bond donors (Lipinski definition) is 2. The van der Waals surface area contributed by atoms with E-state index in [0.29, 0.717) is 10.6 Å². The van der Waals surface area contributed by atoms with Crippen LogP contribution in [0.4, 0.5) is 4.79 Å². The van der Waals surface area contributed by atoms with Gasteiger partial charge in [-0.15, -0.1) is 0 Å². The second kappa shape index (κ2) is 8.50. The maximum absolute atomic E-state index is 13.1. The molecule has 7 heteroatoms. The van der Waals surface area contributed by atoms with Crippen LogP contribution in [0.25, 0.3) is 16.7 Å². The normalized spacial score (nSPS) is 18.4. The molecule has 30 heavy (non-hydrogen) atoms. The Morgan fingerprint density at radius 2 is 1.83 bits per heavy atom. The summed E-state index contributed by atoms with van der Waals surface area (Å²) in [6.07, 6.45) is -0.648. The molecule has 1 aliphatic heterocycles. The summed E-state index contributed by atoms with van der Waals surface area (Å²) in [6.45, 7) is 5.81. The minimum Gasteiger partial charge on any atom is -0.411 e. The number of ether oxygens (including phenoxy) is 2. The zero-order valence-corrected chi connectivity index (χ0v) is 18.4. The lowest BCUT2D eigenvalue weighted by atomic mass is 9.88. The van der Waals surface area contributed by atoms with Gasteiger partial charge in [-0.2, -0.15) is 0 Å². The minimum absolute atomic E-state index is 0.156. The lowest BCUT2D eigenvalue weighted by molar-refractivity contribution is -0.116. The molecule has 0 saturated heterocycles. The first-order valence-corrected chi connectivity index (χ1v) is 9.92. The van der Waals surface area contributed by atoms with E-state index >= 15 is 0 Å². The highest BCUT2D eigenvalue weighted by Gasteiger charge is 2.45. The summed E-state index contributed by atoms with van der Waals surface area (Å²) in [5.41, 5.74) is 3.85. The first kappa shape index (κ1) is 21.9. The van der Waals surface area contributed by atoms with Gasteiger partial charge in [0.2, 0.25) is 0 Å². The van der Waals surface area contributed by atoms with Gasteiger partial charge in [-0.25, -0.2) is 4.79 Å². The van der Waals surface area contributed by atoms with Crippen LogP contribution in [-0.2, 0) is 14.3 Å². The second-order valence-corrected chi connectivity index (χ2v) is 7.94. The van der Waals surface area contributed by atoms with E-state index in [1.807, 2.05) is 50.2 Å². The summed E-state index contributed by atoms with van der Waals surface area (Å²) < 4.78 is 10.9. The zero-order valence-electron chi connectivity index (χ0n) is 17.7. The van der Waals surface area contributed by atoms with Gasteiger partial charge in [0.25, 0.3) is 5.91 Å². The van der Waals surface area contributed by atoms with Crippen LogP contribution >= 0.6 is 11.6 Å². The highest BCUT2D eigenvalue weighted by atomic mass is 35.5. The van der Waals surface area contributed by atoms with Crippen LogP contribution in [0.5, 0.6) is 0 Å². The van der Waals surface area contributed by atoms with E-state index in [4.69, 9.17) is 21.1 Å². The van der Waals surface area contributed by atoms with Crippen LogP contribution in [0, 0.1) is 13.8 Å². The van der Waals surface area contributed by atoms with Crippen molar-refractivity contribution in [2.24, 2.45) is 0 Å². The Balaban J connectivity index is 2.25. The summed E-state index contributed by atoms with van der Waals surface area (Å²) in [5.74, 6) is -0.0685. The maximum Gasteiger partial charge on any atom is 0.412 e. The quantitative estimate of drug-likeness (QED) is 0.747. The zero-order chi connectivity index (χ0) is 22.1. The molecule has 1 unspecified atom stereocenters. The number of nitrogens with one attached hydrogen (secondary N) is 2. The van der Waals surface area contributed by atoms with Crippen molar-refractivity contribution in [2.45, 2.75) is 26.3 Å². The first-order chi connectivity index (χ1) is 14.2. The topological polar surface area (TPSA) is 76.7 Å². The smallest absolute Gasteiger partial charge is 0.411 e. The largest absolute Gasteiger partial charge is 0.412 e. The molecule has 0 radical (unpaired) electrons. The molecule has 0 spiro atoms. The van der Waals surface area contributed by atoms with Gasteiger partial charge in [0.05, 0.1) is 12.2 Å². The van der Waals surface area contributed by atoms with Crippen molar-refractivity contribution in [1.29, 1.82) is 0 Å². The Morgan fingerprint density at radius 3 is 2.43 bits per heavy atom. The fraction of sp³-hybridized carbons (Fsp3) is 0.304. The van der Waals surface area contributed by atoms with E-state index in [1.165, 1.54) is 14.2 Å². The van der Waals surface area contributed by atoms with Gasteiger partial charge in [-0.05, 0) is 60.7 Å². The summed E-state index contributed by atoms with van der Waals surface area (Å²) in [5, 5.41) is 6.01. The van der Waals surface area contributed by atoms with E-state index < -0.39 is 11.6 Å². The predicted octanol–water partition coefficient (Wildman–Crippen LogP) is 4.23. The summed E-state index contributed by atoms with van der Waals surface area (Å²) in [6, 6.07) is 11.5. The molecule has 6 nitrogen and oxygen atoms in total. The SMILES string of the molecule is CNC(=O)OC1=C(c2c(C)ccc(-c3ccc(Cl)cc3)c2C)C(=O)NC1(C)COC. The number of aryl methyl sites for hydroxylation is 1. The van der Waals surface area contributed by atoms with E-state index in [2.05, 4.69) is 10.6 Å². The molecule has 0 bridgehead atoms. The van der Waals surface area contributed by atoms with Gasteiger partial charge in [0, 0.05) is 19.2 Å². The number of benzene rings is 2. The van der Waals surface area contributed by atoms with Crippen LogP contribution in [0.3, 0.4) is 0 Å². The van der Waals surface area contributed by atoms with E-state index in [1.54, 1.807) is 6.92 Å². The molecule has 2 amide bonds. The molecule has 3 rings (SSSR count). The number of hydrogen-bond acceptors (Lipinski definition) is 4. The number of alkyl carbamates (subject to hydrolysis) is 1. The molecule has 0 fully saturated rings. The molecule has 1 heterocycles. The highest BCUT2D eigenvalue weighted by Crippen LogP contribution is 2.40. The van der Waals surface area contributed by atoms with Crippen LogP contribution in [0.1, 0.15) is 23.6 Å². The van der Waals surface area contributed by atoms with Gasteiger partial charge in [0.1, 0.15) is 5.54 Å². The minimum atomic E-state index is -0.969. The molecule has 2 N–H and O–H groups in total. The molecule has 0 aliphatic carbocycles.